The molecule has 2 heteroatoms. The van der Waals surface area contributed by atoms with E-state index in [1.54, 1.807) is 0 Å². The summed E-state index contributed by atoms with van der Waals surface area (Å²) in [6.45, 7) is 4.76. The lowest BCUT2D eigenvalue weighted by molar-refractivity contribution is 0.149. The van der Waals surface area contributed by atoms with Crippen molar-refractivity contribution in [2.75, 3.05) is 13.1 Å². The Morgan fingerprint density at radius 1 is 1.33 bits per heavy atom. The van der Waals surface area contributed by atoms with Gasteiger partial charge in [0.15, 0.2) is 0 Å². The average molecular weight is 204 g/mol. The van der Waals surface area contributed by atoms with Gasteiger partial charge < -0.3 is 0 Å². The molecule has 1 fully saturated rings. The van der Waals surface area contributed by atoms with Gasteiger partial charge in [-0.2, -0.15) is 0 Å². The Bertz CT molecular complexity index is 282. The van der Waals surface area contributed by atoms with Crippen LogP contribution in [0, 0.1) is 0 Å². The summed E-state index contributed by atoms with van der Waals surface area (Å²) < 4.78 is 0. The molecule has 2 heterocycles. The second kappa shape index (κ2) is 5.26. The van der Waals surface area contributed by atoms with E-state index in [0.29, 0.717) is 6.04 Å². The first kappa shape index (κ1) is 10.6. The number of aromatic nitrogens is 1. The number of rotatable bonds is 3. The third kappa shape index (κ3) is 2.57. The summed E-state index contributed by atoms with van der Waals surface area (Å²) in [5.41, 5.74) is 1.44. The molecule has 0 N–H and O–H groups in total. The van der Waals surface area contributed by atoms with Gasteiger partial charge in [-0.15, -0.1) is 0 Å². The molecule has 1 atom stereocenters. The predicted molar refractivity (Wildman–Crippen MR) is 62.7 cm³/mol. The van der Waals surface area contributed by atoms with Gasteiger partial charge in [0, 0.05) is 18.4 Å². The molecule has 2 nitrogen and oxygen atoms in total. The van der Waals surface area contributed by atoms with Crippen molar-refractivity contribution in [1.82, 2.24) is 9.88 Å². The van der Waals surface area contributed by atoms with Gasteiger partial charge in [0.2, 0.25) is 0 Å². The lowest BCUT2D eigenvalue weighted by atomic mass is 9.96. The van der Waals surface area contributed by atoms with Crippen molar-refractivity contribution in [3.63, 3.8) is 0 Å². The molecular formula is C13H20N2. The summed E-state index contributed by atoms with van der Waals surface area (Å²) in [5, 5.41) is 0. The molecule has 0 spiro atoms. The first-order valence-electron chi connectivity index (χ1n) is 6.06. The highest BCUT2D eigenvalue weighted by Gasteiger charge is 2.22. The number of pyridine rings is 1. The Labute approximate surface area is 92.3 Å². The van der Waals surface area contributed by atoms with E-state index in [4.69, 9.17) is 0 Å². The Balaban J connectivity index is 2.11. The molecular weight excluding hydrogens is 184 g/mol. The van der Waals surface area contributed by atoms with Gasteiger partial charge in [-0.25, -0.2) is 0 Å². The molecule has 0 saturated carbocycles. The van der Waals surface area contributed by atoms with Crippen LogP contribution in [0.4, 0.5) is 0 Å². The lowest BCUT2D eigenvalue weighted by Crippen LogP contribution is -2.33. The van der Waals surface area contributed by atoms with Crippen LogP contribution in [-0.4, -0.2) is 23.0 Å². The smallest absolute Gasteiger partial charge is 0.0349 e. The molecule has 1 aliphatic heterocycles. The van der Waals surface area contributed by atoms with Crippen LogP contribution in [0.3, 0.4) is 0 Å². The fraction of sp³-hybridized carbons (Fsp3) is 0.615. The van der Waals surface area contributed by atoms with Gasteiger partial charge in [-0.3, -0.25) is 9.88 Å². The van der Waals surface area contributed by atoms with Crippen molar-refractivity contribution in [2.45, 2.75) is 38.6 Å². The van der Waals surface area contributed by atoms with E-state index in [-0.39, 0.29) is 0 Å². The van der Waals surface area contributed by atoms with Crippen LogP contribution < -0.4 is 0 Å². The summed E-state index contributed by atoms with van der Waals surface area (Å²) in [6, 6.07) is 4.97. The molecule has 0 bridgehead atoms. The maximum Gasteiger partial charge on any atom is 0.0349 e. The van der Waals surface area contributed by atoms with Gasteiger partial charge in [-0.05, 0) is 50.0 Å². The zero-order chi connectivity index (χ0) is 10.5. The van der Waals surface area contributed by atoms with Crippen LogP contribution in [0.5, 0.6) is 0 Å². The van der Waals surface area contributed by atoms with Crippen LogP contribution in [-0.2, 0) is 0 Å². The van der Waals surface area contributed by atoms with Crippen molar-refractivity contribution in [2.24, 2.45) is 0 Å². The summed E-state index contributed by atoms with van der Waals surface area (Å²) in [7, 11) is 0. The minimum absolute atomic E-state index is 0.640. The zero-order valence-corrected chi connectivity index (χ0v) is 9.52. The average Bonchev–Trinajstić information content (AvgIpc) is 2.31. The van der Waals surface area contributed by atoms with E-state index in [2.05, 4.69) is 28.9 Å². The van der Waals surface area contributed by atoms with Gasteiger partial charge in [0.1, 0.15) is 0 Å². The van der Waals surface area contributed by atoms with Gasteiger partial charge in [0.25, 0.3) is 0 Å². The molecule has 82 valence electrons. The van der Waals surface area contributed by atoms with E-state index < -0.39 is 0 Å². The molecule has 1 aromatic heterocycles. The molecule has 0 radical (unpaired) electrons. The summed E-state index contributed by atoms with van der Waals surface area (Å²) in [6.07, 6.45) is 9.11. The second-order valence-electron chi connectivity index (χ2n) is 4.33. The third-order valence-electron chi connectivity index (χ3n) is 3.22. The van der Waals surface area contributed by atoms with Crippen molar-refractivity contribution >= 4 is 0 Å². The van der Waals surface area contributed by atoms with Crippen LogP contribution in [0.2, 0.25) is 0 Å². The summed E-state index contributed by atoms with van der Waals surface area (Å²) in [5.74, 6) is 0. The van der Waals surface area contributed by atoms with Crippen molar-refractivity contribution in [3.8, 4) is 0 Å². The lowest BCUT2D eigenvalue weighted by Gasteiger charge is -2.35. The molecule has 1 unspecified atom stereocenters. The Hall–Kier alpha value is -0.890. The Kier molecular flexibility index (Phi) is 3.73. The number of piperidine rings is 1. The molecule has 0 aliphatic carbocycles. The number of hydrogen-bond donors (Lipinski definition) is 0. The predicted octanol–water partition coefficient (Wildman–Crippen LogP) is 3.02. The molecule has 0 amide bonds. The molecule has 1 aromatic rings. The fourth-order valence-electron chi connectivity index (χ4n) is 2.51. The number of hydrogen-bond acceptors (Lipinski definition) is 2. The van der Waals surface area contributed by atoms with Crippen molar-refractivity contribution in [1.29, 1.82) is 0 Å². The Morgan fingerprint density at radius 2 is 2.13 bits per heavy atom. The van der Waals surface area contributed by atoms with E-state index in [9.17, 15) is 0 Å². The van der Waals surface area contributed by atoms with Crippen molar-refractivity contribution in [3.05, 3.63) is 30.1 Å². The Morgan fingerprint density at radius 3 is 2.87 bits per heavy atom. The second-order valence-corrected chi connectivity index (χ2v) is 4.33. The SMILES string of the molecule is CCCN1CCCCC1c1ccncc1. The molecule has 15 heavy (non-hydrogen) atoms. The van der Waals surface area contributed by atoms with Crippen molar-refractivity contribution < 1.29 is 0 Å². The molecule has 1 saturated heterocycles. The molecule has 0 aromatic carbocycles. The van der Waals surface area contributed by atoms with E-state index in [1.165, 1.54) is 44.3 Å². The zero-order valence-electron chi connectivity index (χ0n) is 9.52. The monoisotopic (exact) mass is 204 g/mol. The largest absolute Gasteiger partial charge is 0.296 e. The normalized spacial score (nSPS) is 22.9. The topological polar surface area (TPSA) is 16.1 Å². The third-order valence-corrected chi connectivity index (χ3v) is 3.22. The first-order valence-corrected chi connectivity index (χ1v) is 6.06. The van der Waals surface area contributed by atoms with Crippen LogP contribution in [0.25, 0.3) is 0 Å². The molecule has 1 aliphatic rings. The summed E-state index contributed by atoms with van der Waals surface area (Å²) >= 11 is 0. The van der Waals surface area contributed by atoms with Gasteiger partial charge in [-0.1, -0.05) is 13.3 Å². The van der Waals surface area contributed by atoms with E-state index in [0.717, 1.165) is 0 Å². The van der Waals surface area contributed by atoms with Crippen LogP contribution in [0.1, 0.15) is 44.2 Å². The van der Waals surface area contributed by atoms with E-state index in [1.807, 2.05) is 12.4 Å². The number of likely N-dealkylation sites (tertiary alicyclic amines) is 1. The first-order chi connectivity index (χ1) is 7.42. The maximum absolute atomic E-state index is 4.09. The summed E-state index contributed by atoms with van der Waals surface area (Å²) in [4.78, 5) is 6.72. The standard InChI is InChI=1S/C13H20N2/c1-2-10-15-11-4-3-5-13(15)12-6-8-14-9-7-12/h6-9,13H,2-5,10-11H2,1H3. The highest BCUT2D eigenvalue weighted by molar-refractivity contribution is 5.15. The van der Waals surface area contributed by atoms with Crippen LogP contribution in [0.15, 0.2) is 24.5 Å². The maximum atomic E-state index is 4.09. The molecule has 2 rings (SSSR count). The minimum atomic E-state index is 0.640. The highest BCUT2D eigenvalue weighted by Crippen LogP contribution is 2.30. The fourth-order valence-corrected chi connectivity index (χ4v) is 2.51. The van der Waals surface area contributed by atoms with E-state index >= 15 is 0 Å². The van der Waals surface area contributed by atoms with Gasteiger partial charge in [0.05, 0.1) is 0 Å². The van der Waals surface area contributed by atoms with Crippen LogP contribution >= 0.6 is 0 Å². The minimum Gasteiger partial charge on any atom is -0.296 e. The van der Waals surface area contributed by atoms with Gasteiger partial charge >= 0.3 is 0 Å². The number of nitrogens with zero attached hydrogens (tertiary/aromatic N) is 2. The quantitative estimate of drug-likeness (QED) is 0.752. The highest BCUT2D eigenvalue weighted by atomic mass is 15.2.